The zero-order chi connectivity index (χ0) is 25.2. The molecular weight excluding hydrogens is 458 g/mol. The molecule has 10 heteroatoms. The molecule has 0 aliphatic rings. The third kappa shape index (κ3) is 3.81. The molecule has 0 N–H and O–H groups in total. The Balaban J connectivity index is 2.83. The normalized spacial score (nSPS) is 9.94. The van der Waals surface area contributed by atoms with Gasteiger partial charge >= 0.3 is 0 Å². The van der Waals surface area contributed by atoms with Gasteiger partial charge in [-0.05, 0) is 24.3 Å². The number of rotatable bonds is 2. The number of halogens is 6. The topological polar surface area (TPSA) is 95.2 Å². The van der Waals surface area contributed by atoms with Gasteiger partial charge in [-0.3, -0.25) is 0 Å². The van der Waals surface area contributed by atoms with Crippen molar-refractivity contribution in [1.29, 1.82) is 21.0 Å². The fraction of sp³-hybridized carbons (Fsp3) is 0. The molecule has 0 saturated heterocycles. The molecule has 0 radical (unpaired) electrons. The lowest BCUT2D eigenvalue weighted by Crippen LogP contribution is -2.29. The average Bonchev–Trinajstić information content (AvgIpc) is 2.79. The Morgan fingerprint density at radius 3 is 1.12 bits per heavy atom. The van der Waals surface area contributed by atoms with Crippen molar-refractivity contribution in [1.82, 2.24) is 0 Å². The first-order valence-corrected chi connectivity index (χ1v) is 9.00. The molecule has 0 amide bonds. The molecule has 0 bridgehead atoms. The minimum absolute atomic E-state index is 0.321. The standard InChI is InChI=1S/C24H6F6N4/c25-13-1-3-15(17(27)5-13)21-19(11(7-31)8-32)24(30)22(16-4-2-14(26)6-18(16)28)20(23(21)29)12(9-33)10-34/h1-6H. The van der Waals surface area contributed by atoms with Crippen LogP contribution in [0, 0.1) is 80.2 Å². The van der Waals surface area contributed by atoms with Crippen molar-refractivity contribution in [2.75, 3.05) is 0 Å². The fourth-order valence-corrected chi connectivity index (χ4v) is 3.32. The van der Waals surface area contributed by atoms with E-state index in [1.165, 1.54) is 24.3 Å². The Kier molecular flexibility index (Phi) is 6.39. The third-order valence-corrected chi connectivity index (χ3v) is 4.73. The van der Waals surface area contributed by atoms with E-state index in [1.807, 2.05) is 0 Å². The minimum atomic E-state index is -1.67. The van der Waals surface area contributed by atoms with Gasteiger partial charge in [0.15, 0.2) is 0 Å². The average molecular weight is 464 g/mol. The predicted molar refractivity (Wildman–Crippen MR) is 106 cm³/mol. The molecule has 0 unspecified atom stereocenters. The maximum absolute atomic E-state index is 15.9. The smallest absolute Gasteiger partial charge is 0.141 e. The first kappa shape index (κ1) is 23.6. The predicted octanol–water partition coefficient (Wildman–Crippen LogP) is 4.25. The van der Waals surface area contributed by atoms with E-state index in [1.54, 1.807) is 0 Å². The van der Waals surface area contributed by atoms with E-state index >= 15 is 8.78 Å². The van der Waals surface area contributed by atoms with Crippen LogP contribution in [0.25, 0.3) is 33.4 Å². The molecular formula is C24H6F6N4. The summed E-state index contributed by atoms with van der Waals surface area (Å²) in [5.74, 6) is -8.34. The van der Waals surface area contributed by atoms with E-state index in [2.05, 4.69) is 0 Å². The van der Waals surface area contributed by atoms with Gasteiger partial charge in [0, 0.05) is 34.4 Å². The summed E-state index contributed by atoms with van der Waals surface area (Å²) in [6.45, 7) is 0. The second kappa shape index (κ2) is 9.20. The molecule has 0 atom stereocenters. The molecule has 34 heavy (non-hydrogen) atoms. The van der Waals surface area contributed by atoms with Crippen molar-refractivity contribution in [3.63, 3.8) is 0 Å². The first-order valence-electron chi connectivity index (χ1n) is 9.00. The van der Waals surface area contributed by atoms with Crippen LogP contribution in [0.3, 0.4) is 0 Å². The maximum atomic E-state index is 15.9. The SMILES string of the molecule is N#CC(C#N)=c1c(F)c(-c2ccc(F)cc2F)c(=C(C#N)C#N)c(F)c1-c1ccc(F)cc1F. The second-order valence-corrected chi connectivity index (χ2v) is 6.57. The molecule has 3 rings (SSSR count). The molecule has 0 heterocycles. The number of hydrogen-bond donors (Lipinski definition) is 0. The summed E-state index contributed by atoms with van der Waals surface area (Å²) >= 11 is 0. The molecule has 0 aliphatic heterocycles. The van der Waals surface area contributed by atoms with Crippen LogP contribution in [0.15, 0.2) is 36.4 Å². The van der Waals surface area contributed by atoms with E-state index in [0.29, 0.717) is 36.4 Å². The van der Waals surface area contributed by atoms with Crippen molar-refractivity contribution in [2.45, 2.75) is 0 Å². The van der Waals surface area contributed by atoms with Crippen molar-refractivity contribution < 1.29 is 26.3 Å². The van der Waals surface area contributed by atoms with E-state index in [4.69, 9.17) is 0 Å². The van der Waals surface area contributed by atoms with Crippen LogP contribution in [0.2, 0.25) is 0 Å². The molecule has 164 valence electrons. The van der Waals surface area contributed by atoms with Gasteiger partial charge < -0.3 is 0 Å². The highest BCUT2D eigenvalue weighted by molar-refractivity contribution is 5.86. The summed E-state index contributed by atoms with van der Waals surface area (Å²) < 4.78 is 87.9. The van der Waals surface area contributed by atoms with Crippen molar-refractivity contribution in [3.8, 4) is 46.5 Å². The van der Waals surface area contributed by atoms with Crippen molar-refractivity contribution >= 4 is 11.1 Å². The maximum Gasteiger partial charge on any atom is 0.141 e. The Hall–Kier alpha value is -5.06. The number of nitrogens with zero attached hydrogens (tertiary/aromatic N) is 4. The van der Waals surface area contributed by atoms with E-state index in [9.17, 15) is 38.6 Å². The highest BCUT2D eigenvalue weighted by Crippen LogP contribution is 2.29. The van der Waals surface area contributed by atoms with Crippen LogP contribution >= 0.6 is 0 Å². The Morgan fingerprint density at radius 2 is 0.853 bits per heavy atom. The lowest BCUT2D eigenvalue weighted by molar-refractivity contribution is 0.571. The number of hydrogen-bond acceptors (Lipinski definition) is 4. The Bertz CT molecular complexity index is 1510. The lowest BCUT2D eigenvalue weighted by atomic mass is 9.90. The monoisotopic (exact) mass is 464 g/mol. The van der Waals surface area contributed by atoms with Gasteiger partial charge in [0.25, 0.3) is 0 Å². The van der Waals surface area contributed by atoms with Gasteiger partial charge in [0.1, 0.15) is 70.3 Å². The summed E-state index contributed by atoms with van der Waals surface area (Å²) in [5, 5.41) is 35.0. The Morgan fingerprint density at radius 1 is 0.529 bits per heavy atom. The van der Waals surface area contributed by atoms with E-state index in [-0.39, 0.29) is 0 Å². The highest BCUT2D eigenvalue weighted by Gasteiger charge is 2.27. The van der Waals surface area contributed by atoms with E-state index in [0.717, 1.165) is 0 Å². The largest absolute Gasteiger partial charge is 0.207 e. The molecule has 0 saturated carbocycles. The second-order valence-electron chi connectivity index (χ2n) is 6.57. The van der Waals surface area contributed by atoms with Crippen LogP contribution in [0.5, 0.6) is 0 Å². The molecule has 0 fully saturated rings. The minimum Gasteiger partial charge on any atom is -0.207 e. The van der Waals surface area contributed by atoms with Crippen LogP contribution in [-0.4, -0.2) is 0 Å². The van der Waals surface area contributed by atoms with Crippen molar-refractivity contribution in [2.24, 2.45) is 0 Å². The number of nitriles is 4. The first-order chi connectivity index (χ1) is 16.2. The van der Waals surface area contributed by atoms with Gasteiger partial charge in [-0.1, -0.05) is 0 Å². The zero-order valence-electron chi connectivity index (χ0n) is 16.5. The lowest BCUT2D eigenvalue weighted by Gasteiger charge is -2.14. The van der Waals surface area contributed by atoms with Gasteiger partial charge in [-0.15, -0.1) is 0 Å². The highest BCUT2D eigenvalue weighted by atomic mass is 19.2. The van der Waals surface area contributed by atoms with Crippen LogP contribution in [0.4, 0.5) is 26.3 Å². The Labute approximate surface area is 187 Å². The summed E-state index contributed by atoms with van der Waals surface area (Å²) in [6.07, 6.45) is 0. The van der Waals surface area contributed by atoms with Crippen LogP contribution in [-0.2, 0) is 0 Å². The summed E-state index contributed by atoms with van der Waals surface area (Å²) in [6, 6.07) is 8.67. The van der Waals surface area contributed by atoms with Gasteiger partial charge in [-0.2, -0.15) is 21.0 Å². The van der Waals surface area contributed by atoms with Crippen LogP contribution in [0.1, 0.15) is 0 Å². The third-order valence-electron chi connectivity index (χ3n) is 4.73. The molecule has 0 spiro atoms. The quantitative estimate of drug-likeness (QED) is 0.530. The van der Waals surface area contributed by atoms with Crippen molar-refractivity contribution in [3.05, 3.63) is 81.7 Å². The molecule has 3 aromatic rings. The van der Waals surface area contributed by atoms with Gasteiger partial charge in [0.2, 0.25) is 0 Å². The van der Waals surface area contributed by atoms with E-state index < -0.39 is 78.7 Å². The van der Waals surface area contributed by atoms with Gasteiger partial charge in [-0.25, -0.2) is 26.3 Å². The molecule has 3 aromatic carbocycles. The summed E-state index contributed by atoms with van der Waals surface area (Å²) in [5.41, 5.74) is -5.90. The summed E-state index contributed by atoms with van der Waals surface area (Å²) in [4.78, 5) is 0. The summed E-state index contributed by atoms with van der Waals surface area (Å²) in [7, 11) is 0. The molecule has 4 nitrogen and oxygen atoms in total. The molecule has 0 aromatic heterocycles. The number of benzene rings is 3. The van der Waals surface area contributed by atoms with Gasteiger partial charge in [0.05, 0.1) is 10.4 Å². The van der Waals surface area contributed by atoms with Crippen LogP contribution < -0.4 is 10.4 Å². The fourth-order valence-electron chi connectivity index (χ4n) is 3.32. The zero-order valence-corrected chi connectivity index (χ0v) is 16.5. The molecule has 0 aliphatic carbocycles.